The van der Waals surface area contributed by atoms with E-state index in [2.05, 4.69) is 86.8 Å². The highest BCUT2D eigenvalue weighted by molar-refractivity contribution is 7.47. The number of nitrogens with one attached hydrogen (secondary N) is 1. The van der Waals surface area contributed by atoms with Crippen molar-refractivity contribution in [1.82, 2.24) is 5.32 Å². The Balaban J connectivity index is 5.47. The van der Waals surface area contributed by atoms with Gasteiger partial charge in [0.25, 0.3) is 0 Å². The van der Waals surface area contributed by atoms with E-state index < -0.39 is 20.0 Å². The molecule has 2 N–H and O–H groups in total. The highest BCUT2D eigenvalue weighted by Gasteiger charge is 2.30. The first-order valence-corrected chi connectivity index (χ1v) is 29.3. The topological polar surface area (TPSA) is 111 Å². The number of allylic oxidation sites excluding steroid dienone is 11. The molecule has 0 rings (SSSR count). The van der Waals surface area contributed by atoms with Crippen molar-refractivity contribution in [3.8, 4) is 0 Å². The lowest BCUT2D eigenvalue weighted by Crippen LogP contribution is -2.47. The summed E-state index contributed by atoms with van der Waals surface area (Å²) >= 11 is 0. The first-order valence-electron chi connectivity index (χ1n) is 27.8. The summed E-state index contributed by atoms with van der Waals surface area (Å²) in [5.74, 6) is -0.573. The lowest BCUT2D eigenvalue weighted by Gasteiger charge is -2.27. The second kappa shape index (κ2) is 48.1. The average Bonchev–Trinajstić information content (AvgIpc) is 3.29. The van der Waals surface area contributed by atoms with Gasteiger partial charge in [-0.05, 0) is 70.3 Å². The fourth-order valence-corrected chi connectivity index (χ4v) is 8.36. The zero-order valence-electron chi connectivity index (χ0n) is 44.8. The molecular formula is C58H106N2O7P+. The van der Waals surface area contributed by atoms with Gasteiger partial charge in [0.1, 0.15) is 19.3 Å². The number of amides is 1. The van der Waals surface area contributed by atoms with E-state index in [1.807, 2.05) is 33.3 Å². The molecule has 0 fully saturated rings. The smallest absolute Gasteiger partial charge is 0.456 e. The van der Waals surface area contributed by atoms with Crippen molar-refractivity contribution in [3.05, 3.63) is 72.9 Å². The molecule has 0 saturated carbocycles. The summed E-state index contributed by atoms with van der Waals surface area (Å²) < 4.78 is 30.5. The van der Waals surface area contributed by atoms with Gasteiger partial charge in [0, 0.05) is 12.8 Å². The molecule has 0 heterocycles. The molecule has 0 aliphatic rings. The molecule has 9 nitrogen and oxygen atoms in total. The van der Waals surface area contributed by atoms with Gasteiger partial charge in [-0.25, -0.2) is 4.57 Å². The summed E-state index contributed by atoms with van der Waals surface area (Å²) in [5, 5.41) is 3.01. The van der Waals surface area contributed by atoms with Crippen LogP contribution in [0.2, 0.25) is 0 Å². The van der Waals surface area contributed by atoms with E-state index in [4.69, 9.17) is 13.8 Å². The van der Waals surface area contributed by atoms with Gasteiger partial charge in [0.15, 0.2) is 0 Å². The first kappa shape index (κ1) is 65.5. The number of likely N-dealkylation sites (N-methyl/N-ethyl adjacent to an activating group) is 1. The van der Waals surface area contributed by atoms with Crippen LogP contribution in [0, 0.1) is 0 Å². The first-order chi connectivity index (χ1) is 32.9. The number of phosphoric ester groups is 1. The third-order valence-corrected chi connectivity index (χ3v) is 12.9. The number of rotatable bonds is 49. The van der Waals surface area contributed by atoms with Crippen molar-refractivity contribution < 1.29 is 37.3 Å². The molecule has 0 aromatic heterocycles. The van der Waals surface area contributed by atoms with E-state index in [9.17, 15) is 19.0 Å². The molecule has 0 bridgehead atoms. The number of esters is 1. The number of phosphoric acid groups is 1. The molecule has 0 aliphatic heterocycles. The zero-order chi connectivity index (χ0) is 50.1. The SMILES string of the molecule is CC/C=C\C/C=C\C/C=C\C/C=C\C/C=C\CCCC(=O)NC(COP(=O)(O)OCC[N+](C)(C)C)C(/C=C/CCCCCCCCCCCC)OC(=O)CCCCCCCCCCCCCCC. The highest BCUT2D eigenvalue weighted by Crippen LogP contribution is 2.43. The second-order valence-corrected chi connectivity index (χ2v) is 21.2. The van der Waals surface area contributed by atoms with Crippen LogP contribution < -0.4 is 5.32 Å². The van der Waals surface area contributed by atoms with Gasteiger partial charge in [0.05, 0.1) is 33.8 Å². The number of carbonyl (C=O) groups excluding carboxylic acids is 2. The van der Waals surface area contributed by atoms with Crippen molar-refractivity contribution in [2.24, 2.45) is 0 Å². The molecule has 0 aromatic carbocycles. The number of hydrogen-bond acceptors (Lipinski definition) is 6. The molecule has 0 spiro atoms. The molecule has 394 valence electrons. The van der Waals surface area contributed by atoms with Crippen LogP contribution in [0.5, 0.6) is 0 Å². The van der Waals surface area contributed by atoms with E-state index in [-0.39, 0.29) is 37.9 Å². The Hall–Kier alpha value is -2.55. The van der Waals surface area contributed by atoms with Crippen LogP contribution in [-0.2, 0) is 27.9 Å². The molecule has 10 heteroatoms. The Morgan fingerprint density at radius 2 is 0.956 bits per heavy atom. The minimum absolute atomic E-state index is 0.0282. The Morgan fingerprint density at radius 3 is 1.43 bits per heavy atom. The predicted molar refractivity (Wildman–Crippen MR) is 291 cm³/mol. The van der Waals surface area contributed by atoms with Crippen LogP contribution in [-0.4, -0.2) is 74.3 Å². The molecule has 0 aromatic rings. The van der Waals surface area contributed by atoms with Crippen molar-refractivity contribution in [2.75, 3.05) is 40.9 Å². The van der Waals surface area contributed by atoms with Crippen molar-refractivity contribution in [1.29, 1.82) is 0 Å². The zero-order valence-corrected chi connectivity index (χ0v) is 45.7. The summed E-state index contributed by atoms with van der Waals surface area (Å²) in [5.41, 5.74) is 0. The summed E-state index contributed by atoms with van der Waals surface area (Å²) in [4.78, 5) is 37.5. The summed E-state index contributed by atoms with van der Waals surface area (Å²) in [6.45, 7) is 6.84. The van der Waals surface area contributed by atoms with Gasteiger partial charge in [-0.2, -0.15) is 0 Å². The predicted octanol–water partition coefficient (Wildman–Crippen LogP) is 16.5. The van der Waals surface area contributed by atoms with Gasteiger partial charge in [-0.15, -0.1) is 0 Å². The molecular weight excluding hydrogens is 868 g/mol. The van der Waals surface area contributed by atoms with Crippen LogP contribution >= 0.6 is 7.82 Å². The van der Waals surface area contributed by atoms with Crippen LogP contribution in [0.3, 0.4) is 0 Å². The lowest BCUT2D eigenvalue weighted by molar-refractivity contribution is -0.870. The number of nitrogens with zero attached hydrogens (tertiary/aromatic N) is 1. The van der Waals surface area contributed by atoms with E-state index >= 15 is 0 Å². The van der Waals surface area contributed by atoms with E-state index in [0.717, 1.165) is 77.0 Å². The van der Waals surface area contributed by atoms with Crippen molar-refractivity contribution in [3.63, 3.8) is 0 Å². The molecule has 0 saturated heterocycles. The van der Waals surface area contributed by atoms with Crippen LogP contribution in [0.15, 0.2) is 72.9 Å². The maximum absolute atomic E-state index is 13.4. The summed E-state index contributed by atoms with van der Waals surface area (Å²) in [6.07, 6.45) is 60.4. The lowest BCUT2D eigenvalue weighted by atomic mass is 10.0. The Morgan fingerprint density at radius 1 is 0.529 bits per heavy atom. The molecule has 68 heavy (non-hydrogen) atoms. The highest BCUT2D eigenvalue weighted by atomic mass is 31.2. The number of quaternary nitrogens is 1. The second-order valence-electron chi connectivity index (χ2n) is 19.7. The Kier molecular flexibility index (Phi) is 46.3. The van der Waals surface area contributed by atoms with Crippen LogP contribution in [0.4, 0.5) is 0 Å². The quantitative estimate of drug-likeness (QED) is 0.0205. The molecule has 3 unspecified atom stereocenters. The third kappa shape index (κ3) is 48.5. The van der Waals surface area contributed by atoms with E-state index in [1.54, 1.807) is 0 Å². The third-order valence-electron chi connectivity index (χ3n) is 11.9. The van der Waals surface area contributed by atoms with Gasteiger partial charge >= 0.3 is 13.8 Å². The van der Waals surface area contributed by atoms with Crippen LogP contribution in [0.25, 0.3) is 0 Å². The maximum Gasteiger partial charge on any atom is 0.472 e. The molecule has 3 atom stereocenters. The van der Waals surface area contributed by atoms with E-state index in [1.165, 1.54) is 116 Å². The van der Waals surface area contributed by atoms with Gasteiger partial charge in [-0.3, -0.25) is 18.6 Å². The molecule has 0 aliphatic carbocycles. The van der Waals surface area contributed by atoms with Gasteiger partial charge in [-0.1, -0.05) is 222 Å². The summed E-state index contributed by atoms with van der Waals surface area (Å²) in [7, 11) is 1.46. The summed E-state index contributed by atoms with van der Waals surface area (Å²) in [6, 6.07) is -0.877. The van der Waals surface area contributed by atoms with Gasteiger partial charge < -0.3 is 19.4 Å². The minimum atomic E-state index is -4.46. The normalized spacial score (nSPS) is 14.4. The number of unbranched alkanes of at least 4 members (excludes halogenated alkanes) is 23. The fraction of sp³-hybridized carbons (Fsp3) is 0.759. The maximum atomic E-state index is 13.4. The molecule has 1 amide bonds. The van der Waals surface area contributed by atoms with Crippen LogP contribution in [0.1, 0.15) is 233 Å². The minimum Gasteiger partial charge on any atom is -0.456 e. The standard InChI is InChI=1S/C58H105N2O7P/c1-7-10-13-16-19-22-25-28-29-30-31-33-35-38-41-44-47-50-57(61)59-55(54-66-68(63,64)65-53-52-60(4,5)6)56(49-46-43-40-37-34-27-24-21-18-15-12-9-3)67-58(62)51-48-45-42-39-36-32-26-23-20-17-14-11-8-2/h10,13,19,22,28-29,31,33,38,41,46,49,55-56H,7-9,11-12,14-18,20-21,23-27,30,32,34-37,39-40,42-45,47-48,50-54H2,1-6H3,(H-,59,61,63,64)/p+1/b13-10-,22-19-,29-28-,33-31-,41-38-,49-46+. The number of carbonyl (C=O) groups is 2. The number of ether oxygens (including phenoxy) is 1. The Labute approximate surface area is 419 Å². The fourth-order valence-electron chi connectivity index (χ4n) is 7.62. The van der Waals surface area contributed by atoms with Gasteiger partial charge in [0.2, 0.25) is 5.91 Å². The van der Waals surface area contributed by atoms with Crippen molar-refractivity contribution >= 4 is 19.7 Å². The average molecular weight is 974 g/mol. The largest absolute Gasteiger partial charge is 0.472 e. The number of hydrogen-bond donors (Lipinski definition) is 2. The van der Waals surface area contributed by atoms with E-state index in [0.29, 0.717) is 17.4 Å². The monoisotopic (exact) mass is 974 g/mol. The Bertz CT molecular complexity index is 1400. The molecule has 0 radical (unpaired) electrons. The van der Waals surface area contributed by atoms with Crippen molar-refractivity contribution in [2.45, 2.75) is 245 Å².